The van der Waals surface area contributed by atoms with Crippen molar-refractivity contribution in [2.24, 2.45) is 5.92 Å². The van der Waals surface area contributed by atoms with Crippen molar-refractivity contribution >= 4 is 28.5 Å². The van der Waals surface area contributed by atoms with Gasteiger partial charge in [-0.15, -0.1) is 0 Å². The van der Waals surface area contributed by atoms with Gasteiger partial charge < -0.3 is 9.88 Å². The van der Waals surface area contributed by atoms with Crippen LogP contribution in [0.1, 0.15) is 56.3 Å². The second-order valence-corrected chi connectivity index (χ2v) is 10.1. The highest BCUT2D eigenvalue weighted by molar-refractivity contribution is 6.30. The number of likely N-dealkylation sites (tertiary alicyclic amines) is 1. The van der Waals surface area contributed by atoms with Crippen LogP contribution in [0.4, 0.5) is 0 Å². The van der Waals surface area contributed by atoms with E-state index in [1.165, 1.54) is 24.8 Å². The number of rotatable bonds is 6. The molecule has 0 bridgehead atoms. The quantitative estimate of drug-likeness (QED) is 0.531. The molecule has 1 aromatic heterocycles. The van der Waals surface area contributed by atoms with Gasteiger partial charge in [-0.1, -0.05) is 55.1 Å². The van der Waals surface area contributed by atoms with Crippen LogP contribution in [-0.4, -0.2) is 39.5 Å². The largest absolute Gasteiger partial charge is 0.353 e. The molecule has 2 aliphatic rings. The molecule has 33 heavy (non-hydrogen) atoms. The Labute approximate surface area is 201 Å². The standard InChI is InChI=1S/C27H33ClN4O/c28-22-14-12-20(13-15-22)17-32-25-11-5-4-10-24(25)30-26(32)19-31-16-6-7-21(18-31)27(33)29-23-8-2-1-3-9-23/h4-5,10-15,21,23H,1-3,6-9,16-19H2,(H,29,33)/t21-/m1/s1. The van der Waals surface area contributed by atoms with Crippen LogP contribution < -0.4 is 5.32 Å². The molecule has 1 aliphatic heterocycles. The van der Waals surface area contributed by atoms with Crippen LogP contribution in [0.15, 0.2) is 48.5 Å². The van der Waals surface area contributed by atoms with E-state index in [-0.39, 0.29) is 11.8 Å². The highest BCUT2D eigenvalue weighted by Crippen LogP contribution is 2.24. The van der Waals surface area contributed by atoms with Gasteiger partial charge in [0.25, 0.3) is 0 Å². The van der Waals surface area contributed by atoms with Gasteiger partial charge >= 0.3 is 0 Å². The number of nitrogens with zero attached hydrogens (tertiary/aromatic N) is 3. The number of hydrogen-bond donors (Lipinski definition) is 1. The van der Waals surface area contributed by atoms with Crippen molar-refractivity contribution in [3.05, 3.63) is 64.9 Å². The SMILES string of the molecule is O=C(NC1CCCCC1)[C@@H]1CCCN(Cc2nc3ccccc3n2Cc2ccc(Cl)cc2)C1. The number of carbonyl (C=O) groups excluding carboxylic acids is 1. The Balaban J connectivity index is 1.30. The van der Waals surface area contributed by atoms with Gasteiger partial charge in [-0.2, -0.15) is 0 Å². The summed E-state index contributed by atoms with van der Waals surface area (Å²) in [6.45, 7) is 3.34. The number of imidazole rings is 1. The third kappa shape index (κ3) is 5.42. The summed E-state index contributed by atoms with van der Waals surface area (Å²) in [7, 11) is 0. The van der Waals surface area contributed by atoms with Crippen LogP contribution in [0.3, 0.4) is 0 Å². The van der Waals surface area contributed by atoms with Crippen molar-refractivity contribution in [1.82, 2.24) is 19.8 Å². The van der Waals surface area contributed by atoms with E-state index < -0.39 is 0 Å². The molecular weight excluding hydrogens is 432 g/mol. The van der Waals surface area contributed by atoms with Gasteiger partial charge in [0, 0.05) is 24.2 Å². The lowest BCUT2D eigenvalue weighted by Gasteiger charge is -2.33. The van der Waals surface area contributed by atoms with Crippen LogP contribution >= 0.6 is 11.6 Å². The lowest BCUT2D eigenvalue weighted by molar-refractivity contribution is -0.127. The van der Waals surface area contributed by atoms with E-state index in [0.29, 0.717) is 6.04 Å². The first-order valence-corrected chi connectivity index (χ1v) is 12.7. The summed E-state index contributed by atoms with van der Waals surface area (Å²) in [5.74, 6) is 1.38. The van der Waals surface area contributed by atoms with E-state index in [9.17, 15) is 4.79 Å². The number of para-hydroxylation sites is 2. The Morgan fingerprint density at radius 1 is 0.970 bits per heavy atom. The average molecular weight is 465 g/mol. The maximum absolute atomic E-state index is 13.0. The maximum Gasteiger partial charge on any atom is 0.224 e. The van der Waals surface area contributed by atoms with E-state index in [0.717, 1.165) is 73.7 Å². The molecule has 1 saturated heterocycles. The van der Waals surface area contributed by atoms with Gasteiger partial charge in [-0.05, 0) is 62.1 Å². The summed E-state index contributed by atoms with van der Waals surface area (Å²) in [6.07, 6.45) is 8.10. The molecule has 0 spiro atoms. The maximum atomic E-state index is 13.0. The number of hydrogen-bond acceptors (Lipinski definition) is 3. The third-order valence-electron chi connectivity index (χ3n) is 7.18. The normalized spacial score (nSPS) is 20.2. The van der Waals surface area contributed by atoms with E-state index in [1.807, 2.05) is 18.2 Å². The molecule has 1 saturated carbocycles. The van der Waals surface area contributed by atoms with E-state index >= 15 is 0 Å². The van der Waals surface area contributed by atoms with Crippen molar-refractivity contribution in [2.45, 2.75) is 64.1 Å². The summed E-state index contributed by atoms with van der Waals surface area (Å²) < 4.78 is 2.31. The van der Waals surface area contributed by atoms with Gasteiger partial charge in [0.2, 0.25) is 5.91 Å². The predicted molar refractivity (Wildman–Crippen MR) is 133 cm³/mol. The van der Waals surface area contributed by atoms with Gasteiger partial charge in [0.05, 0.1) is 23.5 Å². The average Bonchev–Trinajstić information content (AvgIpc) is 3.18. The molecule has 5 rings (SSSR count). The van der Waals surface area contributed by atoms with Crippen molar-refractivity contribution < 1.29 is 4.79 Å². The first-order chi connectivity index (χ1) is 16.2. The molecule has 1 amide bonds. The molecule has 1 N–H and O–H groups in total. The summed E-state index contributed by atoms with van der Waals surface area (Å²) in [6, 6.07) is 16.7. The first-order valence-electron chi connectivity index (χ1n) is 12.4. The minimum Gasteiger partial charge on any atom is -0.353 e. The van der Waals surface area contributed by atoms with Crippen LogP contribution in [0, 0.1) is 5.92 Å². The van der Waals surface area contributed by atoms with Crippen molar-refractivity contribution in [2.75, 3.05) is 13.1 Å². The minimum absolute atomic E-state index is 0.0785. The third-order valence-corrected chi connectivity index (χ3v) is 7.43. The van der Waals surface area contributed by atoms with Gasteiger partial charge in [-0.3, -0.25) is 9.69 Å². The van der Waals surface area contributed by atoms with Crippen LogP contribution in [-0.2, 0) is 17.9 Å². The molecule has 2 heterocycles. The number of amides is 1. The van der Waals surface area contributed by atoms with Gasteiger partial charge in [0.15, 0.2) is 0 Å². The Kier molecular flexibility index (Phi) is 6.98. The molecule has 0 unspecified atom stereocenters. The number of nitrogens with one attached hydrogen (secondary N) is 1. The number of fused-ring (bicyclic) bond motifs is 1. The summed E-state index contributed by atoms with van der Waals surface area (Å²) >= 11 is 6.09. The molecule has 174 valence electrons. The number of halogens is 1. The molecule has 0 radical (unpaired) electrons. The van der Waals surface area contributed by atoms with E-state index in [4.69, 9.17) is 16.6 Å². The Hall–Kier alpha value is -2.37. The molecule has 1 aliphatic carbocycles. The minimum atomic E-state index is 0.0785. The number of carbonyl (C=O) groups is 1. The Bertz CT molecular complexity index is 1090. The van der Waals surface area contributed by atoms with Crippen molar-refractivity contribution in [3.8, 4) is 0 Å². The molecule has 3 aromatic rings. The van der Waals surface area contributed by atoms with Gasteiger partial charge in [0.1, 0.15) is 5.82 Å². The summed E-state index contributed by atoms with van der Waals surface area (Å²) in [4.78, 5) is 20.4. The highest BCUT2D eigenvalue weighted by atomic mass is 35.5. The fourth-order valence-corrected chi connectivity index (χ4v) is 5.50. The fourth-order valence-electron chi connectivity index (χ4n) is 5.37. The topological polar surface area (TPSA) is 50.2 Å². The zero-order valence-electron chi connectivity index (χ0n) is 19.2. The van der Waals surface area contributed by atoms with Crippen LogP contribution in [0.2, 0.25) is 5.02 Å². The zero-order valence-corrected chi connectivity index (χ0v) is 19.9. The monoisotopic (exact) mass is 464 g/mol. The summed E-state index contributed by atoms with van der Waals surface area (Å²) in [5.41, 5.74) is 3.36. The first kappa shape index (κ1) is 22.4. The molecule has 2 aromatic carbocycles. The molecule has 5 nitrogen and oxygen atoms in total. The second kappa shape index (κ2) is 10.3. The highest BCUT2D eigenvalue weighted by Gasteiger charge is 2.28. The number of aromatic nitrogens is 2. The van der Waals surface area contributed by atoms with Crippen LogP contribution in [0.25, 0.3) is 11.0 Å². The van der Waals surface area contributed by atoms with Crippen molar-refractivity contribution in [3.63, 3.8) is 0 Å². The molecule has 1 atom stereocenters. The number of benzene rings is 2. The van der Waals surface area contributed by atoms with E-state index in [1.54, 1.807) is 0 Å². The molecular formula is C27H33ClN4O. The Morgan fingerprint density at radius 2 is 1.76 bits per heavy atom. The summed E-state index contributed by atoms with van der Waals surface area (Å²) in [5, 5.41) is 4.10. The Morgan fingerprint density at radius 3 is 2.58 bits per heavy atom. The van der Waals surface area contributed by atoms with Gasteiger partial charge in [-0.25, -0.2) is 4.98 Å². The van der Waals surface area contributed by atoms with E-state index in [2.05, 4.69) is 45.1 Å². The second-order valence-electron chi connectivity index (χ2n) is 9.65. The fraction of sp³-hybridized carbons (Fsp3) is 0.481. The lowest BCUT2D eigenvalue weighted by atomic mass is 9.93. The molecule has 2 fully saturated rings. The molecule has 6 heteroatoms. The predicted octanol–water partition coefficient (Wildman–Crippen LogP) is 5.40. The lowest BCUT2D eigenvalue weighted by Crippen LogP contribution is -2.46. The van der Waals surface area contributed by atoms with Crippen LogP contribution in [0.5, 0.6) is 0 Å². The smallest absolute Gasteiger partial charge is 0.224 e. The zero-order chi connectivity index (χ0) is 22.6. The van der Waals surface area contributed by atoms with Crippen molar-refractivity contribution in [1.29, 1.82) is 0 Å². The number of piperidine rings is 1.